The molecule has 10 heteroatoms. The van der Waals surface area contributed by atoms with Gasteiger partial charge >= 0.3 is 11.8 Å². The van der Waals surface area contributed by atoms with Gasteiger partial charge in [0.25, 0.3) is 0 Å². The van der Waals surface area contributed by atoms with Crippen LogP contribution < -0.4 is 10.2 Å². The molecule has 0 atom stereocenters. The van der Waals surface area contributed by atoms with Gasteiger partial charge < -0.3 is 19.6 Å². The van der Waals surface area contributed by atoms with E-state index in [0.717, 1.165) is 28.1 Å². The van der Waals surface area contributed by atoms with Crippen molar-refractivity contribution in [2.45, 2.75) is 39.7 Å². The van der Waals surface area contributed by atoms with Gasteiger partial charge in [-0.2, -0.15) is 4.98 Å². The third-order valence-corrected chi connectivity index (χ3v) is 6.15. The predicted molar refractivity (Wildman–Crippen MR) is 135 cm³/mol. The van der Waals surface area contributed by atoms with E-state index in [4.69, 9.17) is 4.52 Å². The number of benzene rings is 1. The monoisotopic (exact) mass is 489 g/mol. The summed E-state index contributed by atoms with van der Waals surface area (Å²) >= 11 is 0. The summed E-state index contributed by atoms with van der Waals surface area (Å²) in [4.78, 5) is 41.4. The summed E-state index contributed by atoms with van der Waals surface area (Å²) < 4.78 is 5.13. The third-order valence-electron chi connectivity index (χ3n) is 6.15. The van der Waals surface area contributed by atoms with E-state index in [9.17, 15) is 9.59 Å². The van der Waals surface area contributed by atoms with Crippen LogP contribution in [0.5, 0.6) is 0 Å². The van der Waals surface area contributed by atoms with Crippen LogP contribution in [0.2, 0.25) is 0 Å². The van der Waals surface area contributed by atoms with Gasteiger partial charge in [0.1, 0.15) is 6.33 Å². The zero-order chi connectivity index (χ0) is 25.9. The number of nitrogens with zero attached hydrogens (tertiary/aromatic N) is 6. The first-order valence-electron chi connectivity index (χ1n) is 11.9. The summed E-state index contributed by atoms with van der Waals surface area (Å²) in [5.41, 5.74) is 4.39. The minimum atomic E-state index is -0.409. The average molecular weight is 490 g/mol. The highest BCUT2D eigenvalue weighted by molar-refractivity contribution is 5.89. The van der Waals surface area contributed by atoms with Crippen molar-refractivity contribution < 1.29 is 14.1 Å². The topological polar surface area (TPSA) is 117 Å². The summed E-state index contributed by atoms with van der Waals surface area (Å²) in [5, 5.41) is 6.76. The van der Waals surface area contributed by atoms with Gasteiger partial charge in [-0.25, -0.2) is 9.97 Å². The fourth-order valence-electron chi connectivity index (χ4n) is 3.99. The van der Waals surface area contributed by atoms with Gasteiger partial charge in [0.05, 0.1) is 17.6 Å². The molecule has 0 unspecified atom stereocenters. The Morgan fingerprint density at radius 2 is 1.94 bits per heavy atom. The lowest BCUT2D eigenvalue weighted by Gasteiger charge is -2.36. The van der Waals surface area contributed by atoms with Crippen molar-refractivity contribution in [1.82, 2.24) is 30.3 Å². The van der Waals surface area contributed by atoms with Crippen LogP contribution in [0.4, 0.5) is 5.69 Å². The number of nitrogens with one attached hydrogen (secondary N) is 1. The van der Waals surface area contributed by atoms with Crippen LogP contribution in [-0.4, -0.2) is 63.0 Å². The first-order chi connectivity index (χ1) is 17.2. The van der Waals surface area contributed by atoms with Crippen molar-refractivity contribution in [3.05, 3.63) is 66.2 Å². The normalized spacial score (nSPS) is 14.0. The van der Waals surface area contributed by atoms with E-state index in [0.29, 0.717) is 38.5 Å². The standard InChI is InChI=1S/C26H31N7O3/c1-6-21(34)33-11-9-32(10-12-33)20-15-27-16-29-22(20)18-7-8-19(17(2)13-18)14-28-23(35)24-30-25(31-36-24)26(3,4)5/h6-8,13,15-16H,1,9-12,14H2,2-5H3,(H,28,35). The van der Waals surface area contributed by atoms with Crippen molar-refractivity contribution in [2.24, 2.45) is 0 Å². The predicted octanol–water partition coefficient (Wildman–Crippen LogP) is 2.90. The summed E-state index contributed by atoms with van der Waals surface area (Å²) in [7, 11) is 0. The van der Waals surface area contributed by atoms with Gasteiger partial charge in [-0.1, -0.05) is 44.6 Å². The lowest BCUT2D eigenvalue weighted by Crippen LogP contribution is -2.48. The molecule has 1 aliphatic heterocycles. The molecule has 2 aromatic heterocycles. The minimum Gasteiger partial charge on any atom is -0.365 e. The lowest BCUT2D eigenvalue weighted by molar-refractivity contribution is -0.126. The number of aromatic nitrogens is 4. The van der Waals surface area contributed by atoms with Crippen molar-refractivity contribution >= 4 is 17.5 Å². The highest BCUT2D eigenvalue weighted by Crippen LogP contribution is 2.30. The molecular weight excluding hydrogens is 458 g/mol. The maximum Gasteiger partial charge on any atom is 0.315 e. The fraction of sp³-hybridized carbons (Fsp3) is 0.385. The second-order valence-corrected chi connectivity index (χ2v) is 9.77. The molecule has 1 aliphatic rings. The van der Waals surface area contributed by atoms with Crippen LogP contribution in [0.15, 0.2) is 47.9 Å². The van der Waals surface area contributed by atoms with Crippen molar-refractivity contribution in [2.75, 3.05) is 31.1 Å². The van der Waals surface area contributed by atoms with Crippen molar-refractivity contribution in [1.29, 1.82) is 0 Å². The molecule has 1 saturated heterocycles. The highest BCUT2D eigenvalue weighted by atomic mass is 16.5. The first-order valence-corrected chi connectivity index (χ1v) is 11.9. The quantitative estimate of drug-likeness (QED) is 0.525. The van der Waals surface area contributed by atoms with E-state index in [1.807, 2.05) is 46.0 Å². The van der Waals surface area contributed by atoms with Gasteiger partial charge in [-0.3, -0.25) is 9.59 Å². The smallest absolute Gasteiger partial charge is 0.315 e. The molecule has 0 bridgehead atoms. The van der Waals surface area contributed by atoms with Crippen LogP contribution in [0, 0.1) is 6.92 Å². The molecule has 0 aliphatic carbocycles. The molecular formula is C26H31N7O3. The lowest BCUT2D eigenvalue weighted by atomic mass is 9.96. The van der Waals surface area contributed by atoms with Crippen LogP contribution >= 0.6 is 0 Å². The van der Waals surface area contributed by atoms with Gasteiger partial charge in [0.2, 0.25) is 5.91 Å². The van der Waals surface area contributed by atoms with Crippen molar-refractivity contribution in [3.8, 4) is 11.3 Å². The molecule has 36 heavy (non-hydrogen) atoms. The van der Waals surface area contributed by atoms with E-state index >= 15 is 0 Å². The Hall–Kier alpha value is -4.08. The molecule has 1 fully saturated rings. The van der Waals surface area contributed by atoms with Gasteiger partial charge in [-0.05, 0) is 30.2 Å². The number of hydrogen-bond acceptors (Lipinski definition) is 8. The van der Waals surface area contributed by atoms with Crippen LogP contribution in [0.3, 0.4) is 0 Å². The fourth-order valence-corrected chi connectivity index (χ4v) is 3.99. The van der Waals surface area contributed by atoms with Crippen molar-refractivity contribution in [3.63, 3.8) is 0 Å². The van der Waals surface area contributed by atoms with E-state index in [1.165, 1.54) is 12.4 Å². The Labute approximate surface area is 210 Å². The Bertz CT molecular complexity index is 1270. The average Bonchev–Trinajstić information content (AvgIpc) is 3.39. The van der Waals surface area contributed by atoms with Crippen LogP contribution in [0.25, 0.3) is 11.3 Å². The zero-order valence-electron chi connectivity index (χ0n) is 21.1. The number of anilines is 1. The second-order valence-electron chi connectivity index (χ2n) is 9.77. The minimum absolute atomic E-state index is 0.0466. The maximum atomic E-state index is 12.5. The number of carbonyl (C=O) groups excluding carboxylic acids is 2. The number of amides is 2. The summed E-state index contributed by atoms with van der Waals surface area (Å²) in [6, 6.07) is 6.02. The zero-order valence-corrected chi connectivity index (χ0v) is 21.1. The molecule has 0 saturated carbocycles. The van der Waals surface area contributed by atoms with Crippen LogP contribution in [0.1, 0.15) is 48.4 Å². The first kappa shape index (κ1) is 25.0. The molecule has 10 nitrogen and oxygen atoms in total. The van der Waals surface area contributed by atoms with E-state index in [1.54, 1.807) is 4.90 Å². The largest absolute Gasteiger partial charge is 0.365 e. The van der Waals surface area contributed by atoms with E-state index < -0.39 is 5.91 Å². The Kier molecular flexibility index (Phi) is 7.14. The third kappa shape index (κ3) is 5.42. The van der Waals surface area contributed by atoms with E-state index in [2.05, 4.69) is 43.0 Å². The van der Waals surface area contributed by atoms with Gasteiger partial charge in [0.15, 0.2) is 5.82 Å². The Balaban J connectivity index is 1.45. The molecule has 1 N–H and O–H groups in total. The summed E-state index contributed by atoms with van der Waals surface area (Å²) in [5.74, 6) is -0.0165. The molecule has 3 heterocycles. The SMILES string of the molecule is C=CC(=O)N1CCN(c2cncnc2-c2ccc(CNC(=O)c3nc(C(C)(C)C)no3)c(C)c2)CC1. The van der Waals surface area contributed by atoms with Crippen LogP contribution in [-0.2, 0) is 16.8 Å². The highest BCUT2D eigenvalue weighted by Gasteiger charge is 2.24. The number of piperazine rings is 1. The molecule has 4 rings (SSSR count). The summed E-state index contributed by atoms with van der Waals surface area (Å²) in [6.45, 7) is 14.4. The molecule has 0 radical (unpaired) electrons. The second kappa shape index (κ2) is 10.3. The molecule has 1 aromatic carbocycles. The summed E-state index contributed by atoms with van der Waals surface area (Å²) in [6.07, 6.45) is 4.70. The molecule has 2 amide bonds. The van der Waals surface area contributed by atoms with Gasteiger partial charge in [0, 0.05) is 43.7 Å². The molecule has 188 valence electrons. The number of carbonyl (C=O) groups is 2. The maximum absolute atomic E-state index is 12.5. The number of hydrogen-bond donors (Lipinski definition) is 1. The molecule has 3 aromatic rings. The Morgan fingerprint density at radius 1 is 1.19 bits per heavy atom. The van der Waals surface area contributed by atoms with Gasteiger partial charge in [-0.15, -0.1) is 0 Å². The number of aryl methyl sites for hydroxylation is 1. The Morgan fingerprint density at radius 3 is 2.58 bits per heavy atom. The molecule has 0 spiro atoms. The van der Waals surface area contributed by atoms with E-state index in [-0.39, 0.29) is 17.2 Å². The number of rotatable bonds is 6.